The number of amides is 2. The third-order valence-electron chi connectivity index (χ3n) is 7.78. The highest BCUT2D eigenvalue weighted by Crippen LogP contribution is 2.35. The topological polar surface area (TPSA) is 57.6 Å². The largest absolute Gasteiger partial charge is 0.351 e. The van der Waals surface area contributed by atoms with Gasteiger partial charge in [0.2, 0.25) is 5.91 Å². The first-order chi connectivity index (χ1) is 15.6. The van der Waals surface area contributed by atoms with Gasteiger partial charge in [0, 0.05) is 12.6 Å². The van der Waals surface area contributed by atoms with Crippen LogP contribution in [0.15, 0.2) is 17.5 Å². The molecular formula is C25H36N4O2S. The highest BCUT2D eigenvalue weighted by Gasteiger charge is 2.48. The Bertz CT molecular complexity index is 970. The van der Waals surface area contributed by atoms with Crippen molar-refractivity contribution in [1.29, 1.82) is 0 Å². The second-order valence-corrected chi connectivity index (χ2v) is 11.0. The summed E-state index contributed by atoms with van der Waals surface area (Å²) in [5, 5.41) is 5.39. The maximum atomic E-state index is 13.7. The lowest BCUT2D eigenvalue weighted by molar-refractivity contribution is -0.133. The number of carbonyl (C=O) groups is 2. The van der Waals surface area contributed by atoms with Gasteiger partial charge >= 0.3 is 0 Å². The third-order valence-corrected chi connectivity index (χ3v) is 8.64. The average Bonchev–Trinajstić information content (AvgIpc) is 3.40. The molecule has 2 aliphatic heterocycles. The molecule has 1 aliphatic carbocycles. The van der Waals surface area contributed by atoms with Crippen LogP contribution in [-0.2, 0) is 11.3 Å². The van der Waals surface area contributed by atoms with Gasteiger partial charge in [-0.15, -0.1) is 11.3 Å². The summed E-state index contributed by atoms with van der Waals surface area (Å²) in [7, 11) is 0. The Morgan fingerprint density at radius 2 is 1.88 bits per heavy atom. The molecule has 32 heavy (non-hydrogen) atoms. The molecule has 3 aliphatic rings. The molecule has 2 amide bonds. The van der Waals surface area contributed by atoms with Crippen molar-refractivity contribution in [3.05, 3.63) is 23.2 Å². The molecule has 0 spiro atoms. The van der Waals surface area contributed by atoms with E-state index in [2.05, 4.69) is 26.2 Å². The fraction of sp³-hybridized carbons (Fsp3) is 0.680. The molecule has 2 aromatic rings. The molecule has 7 heteroatoms. The zero-order chi connectivity index (χ0) is 22.1. The van der Waals surface area contributed by atoms with Gasteiger partial charge in [0.05, 0.1) is 16.8 Å². The summed E-state index contributed by atoms with van der Waals surface area (Å²) in [5.41, 5.74) is 0.938. The first-order valence-corrected chi connectivity index (χ1v) is 13.4. The molecule has 0 aromatic carbocycles. The summed E-state index contributed by atoms with van der Waals surface area (Å²) in [5.74, 6) is 0.0121. The minimum Gasteiger partial charge on any atom is -0.351 e. The SMILES string of the molecule is C[C@]1(C(=O)NC2CCCCC2)Cn2c(cc3sccc32)C(=O)N1CCCN1CCCCC1. The van der Waals surface area contributed by atoms with Crippen molar-refractivity contribution in [1.82, 2.24) is 19.7 Å². The number of rotatable bonds is 6. The van der Waals surface area contributed by atoms with Crippen LogP contribution in [0.3, 0.4) is 0 Å². The lowest BCUT2D eigenvalue weighted by Crippen LogP contribution is -2.65. The van der Waals surface area contributed by atoms with Gasteiger partial charge in [-0.2, -0.15) is 0 Å². The number of nitrogens with one attached hydrogen (secondary N) is 1. The van der Waals surface area contributed by atoms with Gasteiger partial charge in [-0.1, -0.05) is 25.7 Å². The number of carbonyl (C=O) groups excluding carboxylic acids is 2. The lowest BCUT2D eigenvalue weighted by atomic mass is 9.91. The highest BCUT2D eigenvalue weighted by molar-refractivity contribution is 7.17. The standard InChI is InChI=1S/C25H36N4O2S/c1-25(24(31)26-19-9-4-2-5-10-19)18-28-20-11-16-32-22(20)17-21(28)23(30)29(25)15-8-14-27-12-6-3-7-13-27/h11,16-17,19H,2-10,12-15,18H2,1H3,(H,26,31)/t25-/m1/s1. The molecule has 2 aromatic heterocycles. The first-order valence-electron chi connectivity index (χ1n) is 12.5. The molecule has 1 saturated carbocycles. The lowest BCUT2D eigenvalue weighted by Gasteiger charge is -2.45. The van der Waals surface area contributed by atoms with Gasteiger partial charge in [0.1, 0.15) is 11.2 Å². The average molecular weight is 457 g/mol. The number of thiophene rings is 1. The summed E-state index contributed by atoms with van der Waals surface area (Å²) in [6.07, 6.45) is 10.5. The van der Waals surface area contributed by atoms with Crippen LogP contribution in [0, 0.1) is 0 Å². The quantitative estimate of drug-likeness (QED) is 0.707. The summed E-state index contributed by atoms with van der Waals surface area (Å²) in [4.78, 5) is 31.8. The van der Waals surface area contributed by atoms with Crippen LogP contribution >= 0.6 is 11.3 Å². The Kier molecular flexibility index (Phi) is 6.30. The number of piperidine rings is 1. The van der Waals surface area contributed by atoms with E-state index >= 15 is 0 Å². The molecule has 5 rings (SSSR count). The molecule has 0 bridgehead atoms. The summed E-state index contributed by atoms with van der Waals surface area (Å²) in [6.45, 7) is 6.45. The van der Waals surface area contributed by atoms with Crippen molar-refractivity contribution in [3.8, 4) is 0 Å². The molecule has 0 unspecified atom stereocenters. The number of fused-ring (bicyclic) bond motifs is 3. The first kappa shape index (κ1) is 22.0. The Balaban J connectivity index is 1.38. The van der Waals surface area contributed by atoms with Crippen molar-refractivity contribution < 1.29 is 9.59 Å². The second kappa shape index (κ2) is 9.18. The molecule has 0 radical (unpaired) electrons. The van der Waals surface area contributed by atoms with E-state index in [0.717, 1.165) is 54.8 Å². The van der Waals surface area contributed by atoms with E-state index < -0.39 is 5.54 Å². The van der Waals surface area contributed by atoms with Crippen molar-refractivity contribution in [2.45, 2.75) is 82.8 Å². The van der Waals surface area contributed by atoms with Gasteiger partial charge in [0.15, 0.2) is 0 Å². The Labute approximate surface area is 194 Å². The van der Waals surface area contributed by atoms with Crippen LogP contribution in [0.4, 0.5) is 0 Å². The normalized spacial score (nSPS) is 25.3. The minimum absolute atomic E-state index is 0.000381. The van der Waals surface area contributed by atoms with E-state index in [1.807, 2.05) is 17.9 Å². The predicted molar refractivity (Wildman–Crippen MR) is 129 cm³/mol. The molecule has 1 saturated heterocycles. The predicted octanol–water partition coefficient (Wildman–Crippen LogP) is 4.24. The number of likely N-dealkylation sites (tertiary alicyclic amines) is 1. The van der Waals surface area contributed by atoms with Crippen LogP contribution in [-0.4, -0.2) is 63.9 Å². The molecule has 2 fully saturated rings. The van der Waals surface area contributed by atoms with Crippen molar-refractivity contribution in [2.75, 3.05) is 26.2 Å². The van der Waals surface area contributed by atoms with Crippen molar-refractivity contribution in [3.63, 3.8) is 0 Å². The molecule has 6 nitrogen and oxygen atoms in total. The minimum atomic E-state index is -0.864. The van der Waals surface area contributed by atoms with Crippen LogP contribution in [0.1, 0.15) is 75.2 Å². The zero-order valence-electron chi connectivity index (χ0n) is 19.3. The highest BCUT2D eigenvalue weighted by atomic mass is 32.1. The van der Waals surface area contributed by atoms with E-state index in [4.69, 9.17) is 0 Å². The molecule has 1 N–H and O–H groups in total. The fourth-order valence-electron chi connectivity index (χ4n) is 5.85. The van der Waals surface area contributed by atoms with Crippen LogP contribution in [0.25, 0.3) is 10.2 Å². The van der Waals surface area contributed by atoms with Crippen LogP contribution in [0.2, 0.25) is 0 Å². The van der Waals surface area contributed by atoms with E-state index in [0.29, 0.717) is 13.1 Å². The van der Waals surface area contributed by atoms with E-state index in [1.54, 1.807) is 11.3 Å². The van der Waals surface area contributed by atoms with E-state index in [1.165, 1.54) is 38.5 Å². The van der Waals surface area contributed by atoms with E-state index in [-0.39, 0.29) is 17.9 Å². The van der Waals surface area contributed by atoms with Crippen molar-refractivity contribution in [2.24, 2.45) is 0 Å². The zero-order valence-corrected chi connectivity index (χ0v) is 20.1. The van der Waals surface area contributed by atoms with Gasteiger partial charge in [0.25, 0.3) is 5.91 Å². The maximum absolute atomic E-state index is 13.7. The summed E-state index contributed by atoms with van der Waals surface area (Å²) < 4.78 is 3.20. The van der Waals surface area contributed by atoms with Gasteiger partial charge < -0.3 is 19.7 Å². The van der Waals surface area contributed by atoms with E-state index in [9.17, 15) is 9.59 Å². The Hall–Kier alpha value is -1.86. The number of nitrogens with zero attached hydrogens (tertiary/aromatic N) is 3. The second-order valence-electron chi connectivity index (χ2n) is 10.1. The van der Waals surface area contributed by atoms with Gasteiger partial charge in [-0.25, -0.2) is 0 Å². The molecule has 1 atom stereocenters. The van der Waals surface area contributed by atoms with Crippen LogP contribution < -0.4 is 5.32 Å². The number of hydrogen-bond donors (Lipinski definition) is 1. The summed E-state index contributed by atoms with van der Waals surface area (Å²) in [6, 6.07) is 4.33. The monoisotopic (exact) mass is 456 g/mol. The maximum Gasteiger partial charge on any atom is 0.271 e. The number of aromatic nitrogens is 1. The van der Waals surface area contributed by atoms with Gasteiger partial charge in [-0.05, 0) is 76.2 Å². The molecule has 4 heterocycles. The molecular weight excluding hydrogens is 420 g/mol. The smallest absolute Gasteiger partial charge is 0.271 e. The number of hydrogen-bond acceptors (Lipinski definition) is 4. The summed E-state index contributed by atoms with van der Waals surface area (Å²) >= 11 is 1.66. The van der Waals surface area contributed by atoms with Crippen molar-refractivity contribution >= 4 is 33.4 Å². The van der Waals surface area contributed by atoms with Gasteiger partial charge in [-0.3, -0.25) is 9.59 Å². The Morgan fingerprint density at radius 1 is 1.12 bits per heavy atom. The Morgan fingerprint density at radius 3 is 2.66 bits per heavy atom. The molecule has 174 valence electrons. The fourth-order valence-corrected chi connectivity index (χ4v) is 6.67. The van der Waals surface area contributed by atoms with Crippen LogP contribution in [0.5, 0.6) is 0 Å². The third kappa shape index (κ3) is 4.10.